The summed E-state index contributed by atoms with van der Waals surface area (Å²) in [4.78, 5) is 19.8. The molecule has 118 valence electrons. The molecule has 0 saturated heterocycles. The minimum absolute atomic E-state index is 0.104. The topological polar surface area (TPSA) is 34.9 Å². The zero-order chi connectivity index (χ0) is 16.0. The van der Waals surface area contributed by atoms with Crippen LogP contribution in [0.3, 0.4) is 0 Å². The largest absolute Gasteiger partial charge is 0.290 e. The van der Waals surface area contributed by atoms with Gasteiger partial charge in [-0.25, -0.2) is 4.98 Å². The molecule has 2 aromatic heterocycles. The van der Waals surface area contributed by atoms with Gasteiger partial charge in [0, 0.05) is 22.2 Å². The zero-order valence-corrected chi connectivity index (χ0v) is 15.9. The molecule has 3 nitrogen and oxygen atoms in total. The van der Waals surface area contributed by atoms with E-state index in [1.807, 2.05) is 19.2 Å². The predicted molar refractivity (Wildman–Crippen MR) is 101 cm³/mol. The van der Waals surface area contributed by atoms with E-state index in [1.54, 1.807) is 27.7 Å². The number of nitrogens with zero attached hydrogens (tertiary/aromatic N) is 2. The van der Waals surface area contributed by atoms with Crippen molar-refractivity contribution in [3.05, 3.63) is 55.1 Å². The molecule has 0 fully saturated rings. The van der Waals surface area contributed by atoms with Gasteiger partial charge in [-0.05, 0) is 42.5 Å². The van der Waals surface area contributed by atoms with Crippen LogP contribution in [0.2, 0.25) is 0 Å². The number of aromatic nitrogens is 2. The summed E-state index contributed by atoms with van der Waals surface area (Å²) in [5, 5.41) is 1.66. The molecule has 0 spiro atoms. The van der Waals surface area contributed by atoms with Crippen LogP contribution in [0.15, 0.2) is 38.7 Å². The Hall–Kier alpha value is -1.11. The van der Waals surface area contributed by atoms with Crippen LogP contribution in [0.5, 0.6) is 0 Å². The highest BCUT2D eigenvalue weighted by Crippen LogP contribution is 2.35. The number of fused-ring (bicyclic) bond motifs is 3. The Balaban J connectivity index is 1.69. The molecular formula is C17H15BrN2OS2. The highest BCUT2D eigenvalue weighted by Gasteiger charge is 2.22. The first kappa shape index (κ1) is 15.4. The molecule has 3 aromatic rings. The van der Waals surface area contributed by atoms with Crippen molar-refractivity contribution in [3.8, 4) is 0 Å². The summed E-state index contributed by atoms with van der Waals surface area (Å²) in [6.07, 6.45) is 3.29. The highest BCUT2D eigenvalue weighted by atomic mass is 79.9. The maximum absolute atomic E-state index is 12.7. The summed E-state index contributed by atoms with van der Waals surface area (Å²) in [6.45, 7) is 0. The van der Waals surface area contributed by atoms with E-state index in [-0.39, 0.29) is 5.56 Å². The summed E-state index contributed by atoms with van der Waals surface area (Å²) >= 11 is 6.77. The fourth-order valence-corrected chi connectivity index (χ4v) is 5.46. The standard InChI is InChI=1S/C17H15BrN2OS2/c1-20-16(21)14-12-3-2-4-13(12)23-15(14)19-17(20)22-9-10-5-7-11(18)8-6-10/h5-8H,2-4,9H2,1H3. The maximum Gasteiger partial charge on any atom is 0.262 e. The van der Waals surface area contributed by atoms with E-state index < -0.39 is 0 Å². The van der Waals surface area contributed by atoms with E-state index in [2.05, 4.69) is 28.1 Å². The molecule has 0 N–H and O–H groups in total. The number of thiophene rings is 1. The normalized spacial score (nSPS) is 13.7. The molecule has 0 amide bonds. The van der Waals surface area contributed by atoms with Gasteiger partial charge in [0.05, 0.1) is 5.39 Å². The summed E-state index contributed by atoms with van der Waals surface area (Å²) in [7, 11) is 1.83. The van der Waals surface area contributed by atoms with Gasteiger partial charge in [-0.1, -0.05) is 39.8 Å². The van der Waals surface area contributed by atoms with Crippen LogP contribution in [0.4, 0.5) is 0 Å². The molecule has 2 heterocycles. The average molecular weight is 407 g/mol. The van der Waals surface area contributed by atoms with E-state index in [0.29, 0.717) is 0 Å². The maximum atomic E-state index is 12.7. The second kappa shape index (κ2) is 6.07. The number of rotatable bonds is 3. The smallest absolute Gasteiger partial charge is 0.262 e. The van der Waals surface area contributed by atoms with Crippen LogP contribution in [0.25, 0.3) is 10.2 Å². The van der Waals surface area contributed by atoms with E-state index >= 15 is 0 Å². The minimum Gasteiger partial charge on any atom is -0.290 e. The van der Waals surface area contributed by atoms with Gasteiger partial charge in [-0.3, -0.25) is 9.36 Å². The molecule has 0 bridgehead atoms. The molecule has 1 aliphatic carbocycles. The summed E-state index contributed by atoms with van der Waals surface area (Å²) in [5.74, 6) is 0.810. The lowest BCUT2D eigenvalue weighted by Gasteiger charge is -2.07. The summed E-state index contributed by atoms with van der Waals surface area (Å²) in [5.41, 5.74) is 2.58. The molecule has 1 aliphatic rings. The van der Waals surface area contributed by atoms with Crippen LogP contribution < -0.4 is 5.56 Å². The first-order chi connectivity index (χ1) is 11.1. The van der Waals surface area contributed by atoms with Gasteiger partial charge in [0.2, 0.25) is 0 Å². The van der Waals surface area contributed by atoms with Crippen LogP contribution in [-0.2, 0) is 25.6 Å². The molecule has 1 aromatic carbocycles. The van der Waals surface area contributed by atoms with Crippen molar-refractivity contribution in [3.63, 3.8) is 0 Å². The van der Waals surface area contributed by atoms with Crippen molar-refractivity contribution in [1.29, 1.82) is 0 Å². The third-order valence-corrected chi connectivity index (χ3v) is 7.00. The van der Waals surface area contributed by atoms with Crippen molar-refractivity contribution in [2.45, 2.75) is 30.2 Å². The molecule has 0 radical (unpaired) electrons. The quantitative estimate of drug-likeness (QED) is 0.472. The SMILES string of the molecule is Cn1c(SCc2ccc(Br)cc2)nc2sc3c(c2c1=O)CCC3. The van der Waals surface area contributed by atoms with Gasteiger partial charge in [0.25, 0.3) is 5.56 Å². The average Bonchev–Trinajstić information content (AvgIpc) is 3.11. The second-order valence-corrected chi connectivity index (χ2v) is 8.65. The number of aryl methyl sites for hydroxylation is 2. The van der Waals surface area contributed by atoms with E-state index in [1.165, 1.54) is 22.4 Å². The van der Waals surface area contributed by atoms with Crippen molar-refractivity contribution >= 4 is 49.2 Å². The number of hydrogen-bond donors (Lipinski definition) is 0. The van der Waals surface area contributed by atoms with Gasteiger partial charge in [-0.15, -0.1) is 11.3 Å². The van der Waals surface area contributed by atoms with Crippen molar-refractivity contribution in [2.75, 3.05) is 0 Å². The van der Waals surface area contributed by atoms with Crippen LogP contribution >= 0.6 is 39.0 Å². The lowest BCUT2D eigenvalue weighted by Crippen LogP contribution is -2.20. The van der Waals surface area contributed by atoms with Gasteiger partial charge in [0.1, 0.15) is 4.83 Å². The third kappa shape index (κ3) is 2.77. The molecule has 0 unspecified atom stereocenters. The Morgan fingerprint density at radius 2 is 2.09 bits per heavy atom. The number of hydrogen-bond acceptors (Lipinski definition) is 4. The fraction of sp³-hybridized carbons (Fsp3) is 0.294. The Morgan fingerprint density at radius 3 is 2.87 bits per heavy atom. The Bertz CT molecular complexity index is 944. The number of benzene rings is 1. The van der Waals surface area contributed by atoms with E-state index in [9.17, 15) is 4.79 Å². The number of thioether (sulfide) groups is 1. The molecule has 23 heavy (non-hydrogen) atoms. The first-order valence-electron chi connectivity index (χ1n) is 7.52. The molecule has 4 rings (SSSR count). The Labute approximate surface area is 150 Å². The summed E-state index contributed by atoms with van der Waals surface area (Å²) < 4.78 is 2.78. The molecule has 0 aliphatic heterocycles. The number of halogens is 1. The lowest BCUT2D eigenvalue weighted by molar-refractivity contribution is 0.727. The lowest BCUT2D eigenvalue weighted by atomic mass is 10.2. The van der Waals surface area contributed by atoms with Crippen molar-refractivity contribution < 1.29 is 0 Å². The van der Waals surface area contributed by atoms with Crippen LogP contribution in [0, 0.1) is 0 Å². The first-order valence-corrected chi connectivity index (χ1v) is 10.1. The van der Waals surface area contributed by atoms with Crippen molar-refractivity contribution in [2.24, 2.45) is 7.05 Å². The molecule has 0 saturated carbocycles. The van der Waals surface area contributed by atoms with Crippen LogP contribution in [0.1, 0.15) is 22.4 Å². The van der Waals surface area contributed by atoms with E-state index in [0.717, 1.165) is 38.4 Å². The predicted octanol–water partition coefficient (Wildman–Crippen LogP) is 4.54. The second-order valence-electron chi connectivity index (χ2n) is 5.71. The van der Waals surface area contributed by atoms with Crippen LogP contribution in [-0.4, -0.2) is 9.55 Å². The van der Waals surface area contributed by atoms with E-state index in [4.69, 9.17) is 4.98 Å². The molecule has 0 atom stereocenters. The zero-order valence-electron chi connectivity index (χ0n) is 12.6. The van der Waals surface area contributed by atoms with Crippen molar-refractivity contribution in [1.82, 2.24) is 9.55 Å². The highest BCUT2D eigenvalue weighted by molar-refractivity contribution is 9.10. The van der Waals surface area contributed by atoms with Gasteiger partial charge in [0.15, 0.2) is 5.16 Å². The van der Waals surface area contributed by atoms with Gasteiger partial charge >= 0.3 is 0 Å². The molecule has 6 heteroatoms. The third-order valence-electron chi connectivity index (χ3n) is 4.19. The molecular weight excluding hydrogens is 392 g/mol. The minimum atomic E-state index is 0.104. The monoisotopic (exact) mass is 406 g/mol. The van der Waals surface area contributed by atoms with Gasteiger partial charge < -0.3 is 0 Å². The summed E-state index contributed by atoms with van der Waals surface area (Å²) in [6, 6.07) is 8.26. The fourth-order valence-electron chi connectivity index (χ4n) is 2.96. The van der Waals surface area contributed by atoms with Gasteiger partial charge in [-0.2, -0.15) is 0 Å². The Kier molecular flexibility index (Phi) is 4.07. The Morgan fingerprint density at radius 1 is 1.30 bits per heavy atom.